The molecule has 8 nitrogen and oxygen atoms in total. The van der Waals surface area contributed by atoms with Gasteiger partial charge in [0.25, 0.3) is 5.56 Å². The Morgan fingerprint density at radius 3 is 2.96 bits per heavy atom. The van der Waals surface area contributed by atoms with Gasteiger partial charge in [-0.05, 0) is 26.2 Å². The first-order valence-corrected chi connectivity index (χ1v) is 8.42. The molecule has 2 aliphatic rings. The summed E-state index contributed by atoms with van der Waals surface area (Å²) in [5.74, 6) is 2.22. The summed E-state index contributed by atoms with van der Waals surface area (Å²) in [6.07, 6.45) is 6.49. The minimum absolute atomic E-state index is 0.0224. The van der Waals surface area contributed by atoms with E-state index in [0.717, 1.165) is 30.9 Å². The number of H-pyrrole nitrogens is 1. The Morgan fingerprint density at radius 1 is 1.42 bits per heavy atom. The van der Waals surface area contributed by atoms with Gasteiger partial charge in [-0.3, -0.25) is 9.89 Å². The number of nitrogens with one attached hydrogen (secondary N) is 1. The van der Waals surface area contributed by atoms with Crippen LogP contribution in [0.25, 0.3) is 0 Å². The lowest BCUT2D eigenvalue weighted by Crippen LogP contribution is -2.37. The Labute approximate surface area is 139 Å². The Morgan fingerprint density at radius 2 is 2.25 bits per heavy atom. The molecule has 2 atom stereocenters. The number of aromatic amines is 1. The van der Waals surface area contributed by atoms with E-state index in [2.05, 4.69) is 20.2 Å². The maximum atomic E-state index is 12.6. The molecule has 1 aliphatic carbocycles. The minimum atomic E-state index is -0.0408. The fourth-order valence-electron chi connectivity index (χ4n) is 3.32. The van der Waals surface area contributed by atoms with Crippen molar-refractivity contribution in [2.75, 3.05) is 25.1 Å². The van der Waals surface area contributed by atoms with Crippen molar-refractivity contribution in [2.45, 2.75) is 44.2 Å². The summed E-state index contributed by atoms with van der Waals surface area (Å²) in [7, 11) is 1.89. The fraction of sp³-hybridized carbons (Fsp3) is 0.625. The zero-order chi connectivity index (χ0) is 16.7. The van der Waals surface area contributed by atoms with Crippen LogP contribution in [0.1, 0.15) is 42.9 Å². The molecule has 2 fully saturated rings. The molecule has 2 aromatic rings. The third-order valence-corrected chi connectivity index (χ3v) is 4.76. The molecule has 1 saturated heterocycles. The van der Waals surface area contributed by atoms with Crippen LogP contribution in [0.15, 0.2) is 17.2 Å². The predicted molar refractivity (Wildman–Crippen MR) is 88.3 cm³/mol. The second-order valence-corrected chi connectivity index (χ2v) is 6.66. The van der Waals surface area contributed by atoms with Gasteiger partial charge in [0.1, 0.15) is 5.82 Å². The van der Waals surface area contributed by atoms with Crippen molar-refractivity contribution < 1.29 is 4.74 Å². The molecule has 0 unspecified atom stereocenters. The Hall–Kier alpha value is -2.22. The van der Waals surface area contributed by atoms with E-state index in [1.807, 2.05) is 18.9 Å². The minimum Gasteiger partial charge on any atom is -0.376 e. The first kappa shape index (κ1) is 15.3. The van der Waals surface area contributed by atoms with E-state index in [9.17, 15) is 4.79 Å². The fourth-order valence-corrected chi connectivity index (χ4v) is 3.32. The number of likely N-dealkylation sites (N-methyl/N-ethyl adjacent to an activating group) is 1. The first-order valence-electron chi connectivity index (χ1n) is 8.42. The predicted octanol–water partition coefficient (Wildman–Crippen LogP) is 1.01. The number of aromatic nitrogens is 5. The molecule has 1 aliphatic heterocycles. The van der Waals surface area contributed by atoms with Crippen molar-refractivity contribution in [3.05, 3.63) is 34.4 Å². The van der Waals surface area contributed by atoms with Crippen molar-refractivity contribution in [3.63, 3.8) is 0 Å². The molecule has 0 radical (unpaired) electrons. The zero-order valence-electron chi connectivity index (χ0n) is 14.0. The Kier molecular flexibility index (Phi) is 3.84. The van der Waals surface area contributed by atoms with Gasteiger partial charge in [-0.15, -0.1) is 0 Å². The molecule has 3 heterocycles. The monoisotopic (exact) mass is 330 g/mol. The van der Waals surface area contributed by atoms with Gasteiger partial charge in [-0.1, -0.05) is 0 Å². The summed E-state index contributed by atoms with van der Waals surface area (Å²) in [5.41, 5.74) is -0.0224. The van der Waals surface area contributed by atoms with E-state index in [1.54, 1.807) is 17.0 Å². The highest BCUT2D eigenvalue weighted by molar-refractivity contribution is 5.35. The van der Waals surface area contributed by atoms with Gasteiger partial charge in [0, 0.05) is 38.6 Å². The molecular weight excluding hydrogens is 308 g/mol. The van der Waals surface area contributed by atoms with Crippen LogP contribution in [0, 0.1) is 6.92 Å². The molecular formula is C16H22N6O2. The van der Waals surface area contributed by atoms with Crippen LogP contribution in [0.3, 0.4) is 0 Å². The van der Waals surface area contributed by atoms with Gasteiger partial charge in [-0.25, -0.2) is 9.97 Å². The molecule has 128 valence electrons. The highest BCUT2D eigenvalue weighted by Gasteiger charge is 2.34. The van der Waals surface area contributed by atoms with Crippen molar-refractivity contribution in [1.82, 2.24) is 24.7 Å². The van der Waals surface area contributed by atoms with E-state index in [0.29, 0.717) is 25.0 Å². The lowest BCUT2D eigenvalue weighted by molar-refractivity contribution is 0.108. The Bertz CT molecular complexity index is 781. The molecule has 4 rings (SSSR count). The highest BCUT2D eigenvalue weighted by atomic mass is 16.5. The molecule has 0 amide bonds. The molecule has 0 bridgehead atoms. The van der Waals surface area contributed by atoms with Gasteiger partial charge >= 0.3 is 0 Å². The average Bonchev–Trinajstić information content (AvgIpc) is 3.16. The number of aryl methyl sites for hydroxylation is 1. The summed E-state index contributed by atoms with van der Waals surface area (Å²) in [6.45, 7) is 3.17. The van der Waals surface area contributed by atoms with Crippen molar-refractivity contribution in [1.29, 1.82) is 0 Å². The SMILES string of the molecule is Cc1nc([C@@H]2CCO[C@@H]2CN(C)c2nccn(C3CC3)c2=O)n[nH]1. The van der Waals surface area contributed by atoms with Crippen LogP contribution in [0.4, 0.5) is 5.82 Å². The van der Waals surface area contributed by atoms with Gasteiger partial charge in [-0.2, -0.15) is 5.10 Å². The summed E-state index contributed by atoms with van der Waals surface area (Å²) >= 11 is 0. The van der Waals surface area contributed by atoms with Gasteiger partial charge in [0.2, 0.25) is 0 Å². The maximum absolute atomic E-state index is 12.6. The molecule has 1 N–H and O–H groups in total. The van der Waals surface area contributed by atoms with Crippen molar-refractivity contribution in [2.24, 2.45) is 0 Å². The third-order valence-electron chi connectivity index (χ3n) is 4.76. The molecule has 2 aromatic heterocycles. The van der Waals surface area contributed by atoms with E-state index in [1.165, 1.54) is 0 Å². The first-order chi connectivity index (χ1) is 11.6. The third kappa shape index (κ3) is 2.82. The highest BCUT2D eigenvalue weighted by Crippen LogP contribution is 2.33. The number of ether oxygens (including phenoxy) is 1. The van der Waals surface area contributed by atoms with Crippen molar-refractivity contribution in [3.8, 4) is 0 Å². The molecule has 0 aromatic carbocycles. The van der Waals surface area contributed by atoms with E-state index in [4.69, 9.17) is 4.74 Å². The lowest BCUT2D eigenvalue weighted by atomic mass is 10.0. The lowest BCUT2D eigenvalue weighted by Gasteiger charge is -2.24. The second-order valence-electron chi connectivity index (χ2n) is 6.66. The zero-order valence-corrected chi connectivity index (χ0v) is 14.0. The van der Waals surface area contributed by atoms with Crippen molar-refractivity contribution >= 4 is 5.82 Å². The quantitative estimate of drug-likeness (QED) is 0.880. The summed E-state index contributed by atoms with van der Waals surface area (Å²) < 4.78 is 7.68. The number of anilines is 1. The molecule has 24 heavy (non-hydrogen) atoms. The number of rotatable bonds is 5. The Balaban J connectivity index is 1.52. The van der Waals surface area contributed by atoms with Gasteiger partial charge < -0.3 is 14.2 Å². The van der Waals surface area contributed by atoms with Gasteiger partial charge in [0.05, 0.1) is 12.0 Å². The van der Waals surface area contributed by atoms with Crippen LogP contribution in [-0.2, 0) is 4.74 Å². The topological polar surface area (TPSA) is 88.9 Å². The van der Waals surface area contributed by atoms with Crippen LogP contribution in [0.2, 0.25) is 0 Å². The summed E-state index contributed by atoms with van der Waals surface area (Å²) in [5, 5.41) is 7.17. The van der Waals surface area contributed by atoms with Crippen LogP contribution in [0.5, 0.6) is 0 Å². The maximum Gasteiger partial charge on any atom is 0.293 e. The summed E-state index contributed by atoms with van der Waals surface area (Å²) in [4.78, 5) is 23.2. The normalized spacial score (nSPS) is 23.6. The largest absolute Gasteiger partial charge is 0.376 e. The molecule has 8 heteroatoms. The molecule has 1 saturated carbocycles. The van der Waals surface area contributed by atoms with Crippen LogP contribution >= 0.6 is 0 Å². The van der Waals surface area contributed by atoms with Crippen LogP contribution in [-0.4, -0.2) is 51.0 Å². The van der Waals surface area contributed by atoms with E-state index in [-0.39, 0.29) is 17.6 Å². The average molecular weight is 330 g/mol. The second kappa shape index (κ2) is 6.01. The standard InChI is InChI=1S/C16H22N6O2/c1-10-18-14(20-19-10)12-5-8-24-13(12)9-21(2)15-16(23)22(7-6-17-15)11-3-4-11/h6-7,11-13H,3-5,8-9H2,1-2H3,(H,18,19,20)/t12-,13-/m1/s1. The number of hydrogen-bond donors (Lipinski definition) is 1. The molecule has 0 spiro atoms. The summed E-state index contributed by atoms with van der Waals surface area (Å²) in [6, 6.07) is 0.347. The number of hydrogen-bond acceptors (Lipinski definition) is 6. The van der Waals surface area contributed by atoms with E-state index >= 15 is 0 Å². The number of nitrogens with zero attached hydrogens (tertiary/aromatic N) is 5. The van der Waals surface area contributed by atoms with E-state index < -0.39 is 0 Å². The van der Waals surface area contributed by atoms with Gasteiger partial charge in [0.15, 0.2) is 11.6 Å². The van der Waals surface area contributed by atoms with Crippen LogP contribution < -0.4 is 10.5 Å². The smallest absolute Gasteiger partial charge is 0.293 e.